The molecule has 0 bridgehead atoms. The summed E-state index contributed by atoms with van der Waals surface area (Å²) in [6.07, 6.45) is 1.38. The third-order valence-electron chi connectivity index (χ3n) is 3.59. The van der Waals surface area contributed by atoms with Crippen LogP contribution in [0, 0.1) is 0 Å². The molecule has 0 saturated carbocycles. The van der Waals surface area contributed by atoms with Crippen molar-refractivity contribution in [1.82, 2.24) is 4.72 Å². The van der Waals surface area contributed by atoms with Crippen molar-refractivity contribution < 1.29 is 17.9 Å². The molecule has 0 aromatic heterocycles. The zero-order valence-corrected chi connectivity index (χ0v) is 16.7. The second-order valence-corrected chi connectivity index (χ2v) is 7.92. The van der Waals surface area contributed by atoms with Gasteiger partial charge in [-0.05, 0) is 23.8 Å². The minimum atomic E-state index is -4.06. The first-order valence-electron chi connectivity index (χ1n) is 7.73. The van der Waals surface area contributed by atoms with Gasteiger partial charge in [0, 0.05) is 5.03 Å². The van der Waals surface area contributed by atoms with Crippen LogP contribution >= 0.6 is 23.2 Å². The number of halogens is 2. The van der Waals surface area contributed by atoms with Gasteiger partial charge >= 0.3 is 5.97 Å². The Morgan fingerprint density at radius 2 is 1.74 bits per heavy atom. The van der Waals surface area contributed by atoms with Gasteiger partial charge in [-0.25, -0.2) is 13.2 Å². The summed E-state index contributed by atoms with van der Waals surface area (Å²) in [5.41, 5.74) is 0.529. The van der Waals surface area contributed by atoms with Gasteiger partial charge in [0.05, 0.1) is 23.7 Å². The predicted molar refractivity (Wildman–Crippen MR) is 107 cm³/mol. The van der Waals surface area contributed by atoms with E-state index >= 15 is 0 Å². The minimum absolute atomic E-state index is 0.0468. The highest BCUT2D eigenvalue weighted by Crippen LogP contribution is 2.24. The summed E-state index contributed by atoms with van der Waals surface area (Å²) in [6, 6.07) is 13.7. The number of benzene rings is 2. The molecule has 0 aliphatic rings. The molecule has 0 fully saturated rings. The molecule has 0 aliphatic carbocycles. The molecule has 1 unspecified atom stereocenters. The van der Waals surface area contributed by atoms with Crippen LogP contribution in [0.5, 0.6) is 0 Å². The van der Waals surface area contributed by atoms with Crippen molar-refractivity contribution >= 4 is 44.2 Å². The van der Waals surface area contributed by atoms with Crippen LogP contribution in [-0.4, -0.2) is 27.5 Å². The smallest absolute Gasteiger partial charge is 0.335 e. The monoisotopic (exact) mass is 425 g/mol. The normalized spacial score (nSPS) is 13.1. The summed E-state index contributed by atoms with van der Waals surface area (Å²) in [4.78, 5) is 11.8. The molecule has 0 radical (unpaired) electrons. The van der Waals surface area contributed by atoms with Crippen molar-refractivity contribution in [2.24, 2.45) is 0 Å². The maximum absolute atomic E-state index is 12.7. The van der Waals surface area contributed by atoms with Crippen LogP contribution in [0.2, 0.25) is 5.02 Å². The number of carbonyl (C=O) groups is 1. The van der Waals surface area contributed by atoms with Crippen molar-refractivity contribution in [2.75, 3.05) is 7.11 Å². The van der Waals surface area contributed by atoms with E-state index in [9.17, 15) is 13.2 Å². The number of carbonyl (C=O) groups excluding carboxylic acids is 1. The SMILES string of the molecule is C=C(C(=O)OC)C(/C=C(\Cl)c1ccccc1)NS(=O)(=O)c1ccccc1Cl. The Kier molecular flexibility index (Phi) is 7.21. The second kappa shape index (κ2) is 9.19. The summed E-state index contributed by atoms with van der Waals surface area (Å²) in [5.74, 6) is -0.768. The van der Waals surface area contributed by atoms with E-state index in [1.165, 1.54) is 31.4 Å². The van der Waals surface area contributed by atoms with Gasteiger partial charge in [0.1, 0.15) is 4.90 Å². The van der Waals surface area contributed by atoms with Gasteiger partial charge in [-0.15, -0.1) is 0 Å². The Morgan fingerprint density at radius 3 is 2.33 bits per heavy atom. The maximum atomic E-state index is 12.7. The van der Waals surface area contributed by atoms with E-state index < -0.39 is 22.0 Å². The Hall–Kier alpha value is -2.12. The average molecular weight is 426 g/mol. The molecule has 0 spiro atoms. The van der Waals surface area contributed by atoms with Gasteiger partial charge in [-0.3, -0.25) is 0 Å². The number of rotatable bonds is 7. The summed E-state index contributed by atoms with van der Waals surface area (Å²) < 4.78 is 32.5. The number of nitrogens with one attached hydrogen (secondary N) is 1. The molecule has 2 aromatic rings. The fourth-order valence-electron chi connectivity index (χ4n) is 2.20. The molecule has 0 saturated heterocycles. The molecule has 2 rings (SSSR count). The van der Waals surface area contributed by atoms with Crippen LogP contribution in [0.3, 0.4) is 0 Å². The van der Waals surface area contributed by atoms with Crippen LogP contribution in [0.15, 0.2) is 77.7 Å². The Bertz CT molecular complexity index is 972. The molecule has 5 nitrogen and oxygen atoms in total. The molecule has 8 heteroatoms. The lowest BCUT2D eigenvalue weighted by Gasteiger charge is -2.18. The van der Waals surface area contributed by atoms with E-state index in [4.69, 9.17) is 23.2 Å². The number of ether oxygens (including phenoxy) is 1. The molecular formula is C19H17Cl2NO4S. The van der Waals surface area contributed by atoms with Gasteiger partial charge in [-0.2, -0.15) is 4.72 Å². The lowest BCUT2D eigenvalue weighted by atomic mass is 10.1. The number of hydrogen-bond donors (Lipinski definition) is 1. The van der Waals surface area contributed by atoms with Crippen molar-refractivity contribution in [1.29, 1.82) is 0 Å². The van der Waals surface area contributed by atoms with Gasteiger partial charge in [0.15, 0.2) is 0 Å². The van der Waals surface area contributed by atoms with Gasteiger partial charge in [0.2, 0.25) is 10.0 Å². The molecular weight excluding hydrogens is 409 g/mol. The highest BCUT2D eigenvalue weighted by molar-refractivity contribution is 7.89. The summed E-state index contributed by atoms with van der Waals surface area (Å²) in [6.45, 7) is 3.64. The number of sulfonamides is 1. The predicted octanol–water partition coefficient (Wildman–Crippen LogP) is 4.00. The molecule has 27 heavy (non-hydrogen) atoms. The fraction of sp³-hybridized carbons (Fsp3) is 0.105. The minimum Gasteiger partial charge on any atom is -0.466 e. The first-order chi connectivity index (χ1) is 12.8. The highest BCUT2D eigenvalue weighted by Gasteiger charge is 2.26. The van der Waals surface area contributed by atoms with Gasteiger partial charge < -0.3 is 4.74 Å². The molecule has 0 amide bonds. The highest BCUT2D eigenvalue weighted by atomic mass is 35.5. The molecule has 1 atom stereocenters. The Labute approximate surface area is 168 Å². The fourth-order valence-corrected chi connectivity index (χ4v) is 4.14. The average Bonchev–Trinajstić information content (AvgIpc) is 2.66. The standard InChI is InChI=1S/C19H17Cl2NO4S/c1-13(19(23)26-2)17(12-16(21)14-8-4-3-5-9-14)22-27(24,25)18-11-7-6-10-15(18)20/h3-12,17,22H,1H2,2H3/b16-12-. The zero-order valence-electron chi connectivity index (χ0n) is 14.4. The number of esters is 1. The van der Waals surface area contributed by atoms with Gasteiger partial charge in [-0.1, -0.05) is 72.2 Å². The summed E-state index contributed by atoms with van der Waals surface area (Å²) in [5, 5.41) is 0.290. The molecule has 142 valence electrons. The van der Waals surface area contributed by atoms with Crippen LogP contribution in [0.25, 0.3) is 5.03 Å². The topological polar surface area (TPSA) is 72.5 Å². The summed E-state index contributed by atoms with van der Waals surface area (Å²) >= 11 is 12.3. The third kappa shape index (κ3) is 5.43. The molecule has 0 heterocycles. The van der Waals surface area contributed by atoms with E-state index in [0.29, 0.717) is 5.56 Å². The van der Waals surface area contributed by atoms with E-state index in [0.717, 1.165) is 0 Å². The van der Waals surface area contributed by atoms with Crippen LogP contribution in [0.4, 0.5) is 0 Å². The number of methoxy groups -OCH3 is 1. The van der Waals surface area contributed by atoms with E-state index in [-0.39, 0.29) is 20.5 Å². The maximum Gasteiger partial charge on any atom is 0.335 e. The van der Waals surface area contributed by atoms with E-state index in [1.807, 2.05) is 6.07 Å². The van der Waals surface area contributed by atoms with Crippen molar-refractivity contribution in [3.05, 3.63) is 83.4 Å². The molecule has 0 aliphatic heterocycles. The third-order valence-corrected chi connectivity index (χ3v) is 5.88. The van der Waals surface area contributed by atoms with Crippen LogP contribution in [0.1, 0.15) is 5.56 Å². The van der Waals surface area contributed by atoms with Crippen LogP contribution in [-0.2, 0) is 19.6 Å². The second-order valence-electron chi connectivity index (χ2n) is 5.43. The van der Waals surface area contributed by atoms with E-state index in [1.54, 1.807) is 30.3 Å². The van der Waals surface area contributed by atoms with Crippen LogP contribution < -0.4 is 4.72 Å². The molecule has 1 N–H and O–H groups in total. The first kappa shape index (κ1) is 21.2. The van der Waals surface area contributed by atoms with E-state index in [2.05, 4.69) is 16.0 Å². The Morgan fingerprint density at radius 1 is 1.15 bits per heavy atom. The van der Waals surface area contributed by atoms with Gasteiger partial charge in [0.25, 0.3) is 0 Å². The van der Waals surface area contributed by atoms with Crippen molar-refractivity contribution in [3.63, 3.8) is 0 Å². The lowest BCUT2D eigenvalue weighted by Crippen LogP contribution is -2.37. The first-order valence-corrected chi connectivity index (χ1v) is 9.97. The van der Waals surface area contributed by atoms with Crippen molar-refractivity contribution in [2.45, 2.75) is 10.9 Å². The lowest BCUT2D eigenvalue weighted by molar-refractivity contribution is -0.136. The van der Waals surface area contributed by atoms with Crippen molar-refractivity contribution in [3.8, 4) is 0 Å². The quantitative estimate of drug-likeness (QED) is 0.537. The zero-order chi connectivity index (χ0) is 20.0. The Balaban J connectivity index is 2.43. The largest absolute Gasteiger partial charge is 0.466 e. The molecule has 2 aromatic carbocycles. The summed E-state index contributed by atoms with van der Waals surface area (Å²) in [7, 11) is -2.88. The number of hydrogen-bond acceptors (Lipinski definition) is 4.